The fourth-order valence-corrected chi connectivity index (χ4v) is 4.33. The summed E-state index contributed by atoms with van der Waals surface area (Å²) >= 11 is 0. The first-order chi connectivity index (χ1) is 16.9. The summed E-state index contributed by atoms with van der Waals surface area (Å²) in [7, 11) is 4.68. The zero-order valence-corrected chi connectivity index (χ0v) is 19.9. The van der Waals surface area contributed by atoms with Gasteiger partial charge in [0.15, 0.2) is 17.0 Å². The van der Waals surface area contributed by atoms with Crippen LogP contribution in [0.15, 0.2) is 78.9 Å². The molecule has 3 aromatic rings. The number of likely N-dealkylation sites (N-methyl/N-ethyl adjacent to an activating group) is 1. The number of nitrogens with zero attached hydrogens (tertiary/aromatic N) is 2. The molecule has 1 fully saturated rings. The first-order valence-corrected chi connectivity index (χ1v) is 11.1. The van der Waals surface area contributed by atoms with Crippen LogP contribution in [0.5, 0.6) is 11.5 Å². The summed E-state index contributed by atoms with van der Waals surface area (Å²) in [6, 6.07) is 22.8. The Morgan fingerprint density at radius 3 is 2.03 bits per heavy atom. The highest BCUT2D eigenvalue weighted by Gasteiger charge is 2.54. The number of hydrogen-bond acceptors (Lipinski definition) is 5. The largest absolute Gasteiger partial charge is 0.493 e. The second-order valence-corrected chi connectivity index (χ2v) is 8.21. The smallest absolute Gasteiger partial charge is 0.326 e. The van der Waals surface area contributed by atoms with Gasteiger partial charge in [-0.2, -0.15) is 0 Å². The third kappa shape index (κ3) is 4.30. The highest BCUT2D eigenvalue weighted by Crippen LogP contribution is 2.36. The Bertz CT molecular complexity index is 1190. The van der Waals surface area contributed by atoms with Crippen LogP contribution in [0, 0.1) is 0 Å². The van der Waals surface area contributed by atoms with Gasteiger partial charge in [0.1, 0.15) is 6.54 Å². The number of urea groups is 1. The lowest BCUT2D eigenvalue weighted by atomic mass is 9.82. The van der Waals surface area contributed by atoms with Crippen molar-refractivity contribution in [1.29, 1.82) is 0 Å². The Morgan fingerprint density at radius 2 is 1.49 bits per heavy atom. The van der Waals surface area contributed by atoms with Gasteiger partial charge in [-0.1, -0.05) is 72.8 Å². The number of ether oxygens (including phenoxy) is 2. The topological polar surface area (TPSA) is 88.2 Å². The third-order valence-electron chi connectivity index (χ3n) is 6.13. The van der Waals surface area contributed by atoms with E-state index >= 15 is 0 Å². The minimum absolute atomic E-state index is 0.214. The molecule has 35 heavy (non-hydrogen) atoms. The van der Waals surface area contributed by atoms with Gasteiger partial charge >= 0.3 is 6.03 Å². The van der Waals surface area contributed by atoms with Crippen molar-refractivity contribution >= 4 is 17.8 Å². The van der Waals surface area contributed by atoms with Crippen LogP contribution in [0.25, 0.3) is 0 Å². The number of hydrogen-bond donors (Lipinski definition) is 1. The van der Waals surface area contributed by atoms with E-state index < -0.39 is 29.9 Å². The van der Waals surface area contributed by atoms with Crippen LogP contribution in [0.4, 0.5) is 4.79 Å². The van der Waals surface area contributed by atoms with E-state index in [1.54, 1.807) is 50.6 Å². The highest BCUT2D eigenvalue weighted by molar-refractivity contribution is 6.11. The number of methoxy groups -OCH3 is 2. The highest BCUT2D eigenvalue weighted by atomic mass is 16.5. The molecule has 1 N–H and O–H groups in total. The molecule has 1 heterocycles. The minimum Gasteiger partial charge on any atom is -0.493 e. The van der Waals surface area contributed by atoms with Crippen molar-refractivity contribution in [3.8, 4) is 11.5 Å². The second kappa shape index (κ2) is 9.89. The van der Waals surface area contributed by atoms with Gasteiger partial charge in [0.05, 0.1) is 14.2 Å². The van der Waals surface area contributed by atoms with E-state index in [9.17, 15) is 14.4 Å². The lowest BCUT2D eigenvalue weighted by Gasteiger charge is -2.28. The normalized spacial score (nSPS) is 14.4. The molecule has 4 amide bonds. The molecule has 0 radical (unpaired) electrons. The lowest BCUT2D eigenvalue weighted by Crippen LogP contribution is -2.46. The van der Waals surface area contributed by atoms with Crippen LogP contribution >= 0.6 is 0 Å². The fraction of sp³-hybridized carbons (Fsp3) is 0.222. The van der Waals surface area contributed by atoms with E-state index in [0.717, 1.165) is 10.5 Å². The number of carbonyl (C=O) groups is 3. The maximum atomic E-state index is 13.8. The number of nitrogens with one attached hydrogen (secondary N) is 1. The molecule has 0 aromatic heterocycles. The van der Waals surface area contributed by atoms with Gasteiger partial charge in [-0.3, -0.25) is 14.5 Å². The molecule has 0 saturated carbocycles. The summed E-state index contributed by atoms with van der Waals surface area (Å²) in [4.78, 5) is 42.3. The molecule has 0 unspecified atom stereocenters. The van der Waals surface area contributed by atoms with Crippen LogP contribution in [0.2, 0.25) is 0 Å². The van der Waals surface area contributed by atoms with Crippen LogP contribution in [0.1, 0.15) is 16.7 Å². The molecule has 8 nitrogen and oxygen atoms in total. The van der Waals surface area contributed by atoms with E-state index in [1.807, 2.05) is 42.5 Å². The molecule has 180 valence electrons. The zero-order chi connectivity index (χ0) is 25.0. The summed E-state index contributed by atoms with van der Waals surface area (Å²) < 4.78 is 10.8. The molecular weight excluding hydrogens is 446 g/mol. The first-order valence-electron chi connectivity index (χ1n) is 11.1. The predicted molar refractivity (Wildman–Crippen MR) is 130 cm³/mol. The first kappa shape index (κ1) is 23.8. The van der Waals surface area contributed by atoms with Crippen molar-refractivity contribution in [2.24, 2.45) is 0 Å². The average molecular weight is 474 g/mol. The Kier molecular flexibility index (Phi) is 6.73. The van der Waals surface area contributed by atoms with Gasteiger partial charge < -0.3 is 19.7 Å². The quantitative estimate of drug-likeness (QED) is 0.508. The number of amides is 4. The summed E-state index contributed by atoms with van der Waals surface area (Å²) in [5, 5.41) is 2.86. The molecule has 8 heteroatoms. The minimum atomic E-state index is -1.41. The number of imide groups is 1. The van der Waals surface area contributed by atoms with E-state index in [2.05, 4.69) is 5.32 Å². The Labute approximate surface area is 204 Å². The molecule has 1 saturated heterocycles. The van der Waals surface area contributed by atoms with Crippen LogP contribution < -0.4 is 14.8 Å². The van der Waals surface area contributed by atoms with Crippen molar-refractivity contribution in [3.05, 3.63) is 95.6 Å². The molecule has 3 aromatic carbocycles. The summed E-state index contributed by atoms with van der Waals surface area (Å²) in [5.74, 6) is 0.183. The summed E-state index contributed by atoms with van der Waals surface area (Å²) in [5.41, 5.74) is 0.569. The van der Waals surface area contributed by atoms with Crippen molar-refractivity contribution in [2.45, 2.75) is 12.1 Å². The second-order valence-electron chi connectivity index (χ2n) is 8.21. The van der Waals surface area contributed by atoms with Gasteiger partial charge in [0, 0.05) is 19.2 Å². The molecule has 0 aliphatic carbocycles. The molecule has 1 aliphatic heterocycles. The van der Waals surface area contributed by atoms with Crippen LogP contribution in [-0.4, -0.2) is 55.5 Å². The van der Waals surface area contributed by atoms with E-state index in [0.29, 0.717) is 22.6 Å². The van der Waals surface area contributed by atoms with Gasteiger partial charge in [0.25, 0.3) is 5.91 Å². The number of benzene rings is 3. The molecule has 0 bridgehead atoms. The van der Waals surface area contributed by atoms with Crippen LogP contribution in [-0.2, 0) is 21.7 Å². The van der Waals surface area contributed by atoms with E-state index in [-0.39, 0.29) is 6.54 Å². The fourth-order valence-electron chi connectivity index (χ4n) is 4.33. The number of para-hydroxylation sites is 1. The van der Waals surface area contributed by atoms with Gasteiger partial charge in [0.2, 0.25) is 5.91 Å². The van der Waals surface area contributed by atoms with E-state index in [4.69, 9.17) is 9.47 Å². The Balaban J connectivity index is 1.59. The number of carbonyl (C=O) groups excluding carboxylic acids is 3. The standard InChI is InChI=1S/C27H27N3O5/c1-29(17-19-11-10-16-22(34-2)24(19)35-3)23(31)18-30-25(32)27(28-26(30)33,20-12-6-4-7-13-20)21-14-8-5-9-15-21/h4-16H,17-18H2,1-3H3,(H,28,33). The molecular formula is C27H27N3O5. The SMILES string of the molecule is COc1cccc(CN(C)C(=O)CN2C(=O)NC(c3ccccc3)(c3ccccc3)C2=O)c1OC. The van der Waals surface area contributed by atoms with Gasteiger partial charge in [-0.25, -0.2) is 4.79 Å². The van der Waals surface area contributed by atoms with Gasteiger partial charge in [-0.15, -0.1) is 0 Å². The number of rotatable bonds is 8. The Morgan fingerprint density at radius 1 is 0.886 bits per heavy atom. The summed E-state index contributed by atoms with van der Waals surface area (Å²) in [6.07, 6.45) is 0. The Hall–Kier alpha value is -4.33. The average Bonchev–Trinajstić information content (AvgIpc) is 3.15. The summed E-state index contributed by atoms with van der Waals surface area (Å²) in [6.45, 7) is -0.180. The zero-order valence-electron chi connectivity index (χ0n) is 19.9. The maximum absolute atomic E-state index is 13.8. The maximum Gasteiger partial charge on any atom is 0.326 e. The molecule has 0 spiro atoms. The van der Waals surface area contributed by atoms with Crippen LogP contribution in [0.3, 0.4) is 0 Å². The van der Waals surface area contributed by atoms with Crippen molar-refractivity contribution in [3.63, 3.8) is 0 Å². The molecule has 4 rings (SSSR count). The predicted octanol–water partition coefficient (Wildman–Crippen LogP) is 3.16. The van der Waals surface area contributed by atoms with Crippen molar-refractivity contribution in [2.75, 3.05) is 27.8 Å². The van der Waals surface area contributed by atoms with Crippen molar-refractivity contribution in [1.82, 2.24) is 15.1 Å². The van der Waals surface area contributed by atoms with Crippen molar-refractivity contribution < 1.29 is 23.9 Å². The van der Waals surface area contributed by atoms with E-state index in [1.165, 1.54) is 12.0 Å². The lowest BCUT2D eigenvalue weighted by molar-refractivity contribution is -0.138. The molecule has 1 aliphatic rings. The third-order valence-corrected chi connectivity index (χ3v) is 6.13. The van der Waals surface area contributed by atoms with Gasteiger partial charge in [-0.05, 0) is 17.2 Å². The monoisotopic (exact) mass is 473 g/mol. The molecule has 0 atom stereocenters.